The van der Waals surface area contributed by atoms with E-state index in [1.165, 1.54) is 0 Å². The smallest absolute Gasteiger partial charge is 0.410 e. The number of amides is 1. The second-order valence-electron chi connectivity index (χ2n) is 7.29. The van der Waals surface area contributed by atoms with Crippen molar-refractivity contribution >= 4 is 23.7 Å². The summed E-state index contributed by atoms with van der Waals surface area (Å²) in [5, 5.41) is 16.9. The van der Waals surface area contributed by atoms with E-state index in [0.29, 0.717) is 24.7 Å². The molecule has 0 aliphatic carbocycles. The van der Waals surface area contributed by atoms with Crippen LogP contribution < -0.4 is 0 Å². The molecule has 1 saturated heterocycles. The zero-order valence-corrected chi connectivity index (χ0v) is 17.1. The predicted molar refractivity (Wildman–Crippen MR) is 104 cm³/mol. The minimum Gasteiger partial charge on any atom is -0.480 e. The van der Waals surface area contributed by atoms with E-state index < -0.39 is 11.6 Å². The molecule has 0 bridgehead atoms. The van der Waals surface area contributed by atoms with E-state index in [1.54, 1.807) is 17.0 Å². The number of ether oxygens (including phenoxy) is 1. The number of carbonyl (C=O) groups is 2. The Labute approximate surface area is 165 Å². The Balaban J connectivity index is 0.00000176. The molecule has 2 N–H and O–H groups in total. The molecule has 152 valence electrons. The molecule has 1 fully saturated rings. The number of hydrogen-bond acceptors (Lipinski definition) is 5. The molecule has 2 rings (SSSR count). The van der Waals surface area contributed by atoms with Crippen LogP contribution in [0.5, 0.6) is 0 Å². The van der Waals surface area contributed by atoms with E-state index in [0.717, 1.165) is 19.1 Å². The van der Waals surface area contributed by atoms with Crippen LogP contribution >= 0.6 is 11.6 Å². The van der Waals surface area contributed by atoms with Gasteiger partial charge in [-0.15, -0.1) is 0 Å². The average molecular weight is 401 g/mol. The highest BCUT2D eigenvalue weighted by molar-refractivity contribution is 6.30. The topological polar surface area (TPSA) is 90.3 Å². The van der Waals surface area contributed by atoms with Crippen LogP contribution in [0, 0.1) is 0 Å². The molecule has 1 atom stereocenters. The number of nitrogens with zero attached hydrogens (tertiary/aromatic N) is 2. The highest BCUT2D eigenvalue weighted by atomic mass is 35.5. The molecule has 1 heterocycles. The number of rotatable bonds is 5. The van der Waals surface area contributed by atoms with Gasteiger partial charge in [-0.2, -0.15) is 0 Å². The van der Waals surface area contributed by atoms with E-state index in [1.807, 2.05) is 37.8 Å². The van der Waals surface area contributed by atoms with Crippen LogP contribution in [0.25, 0.3) is 0 Å². The largest absolute Gasteiger partial charge is 0.480 e. The molecule has 1 aromatic rings. The highest BCUT2D eigenvalue weighted by Gasteiger charge is 2.33. The van der Waals surface area contributed by atoms with Crippen LogP contribution in [-0.2, 0) is 16.1 Å². The number of carbonyl (C=O) groups excluding carboxylic acids is 1. The third kappa shape index (κ3) is 8.15. The Hall–Kier alpha value is -1.83. The summed E-state index contributed by atoms with van der Waals surface area (Å²) in [4.78, 5) is 27.0. The molecule has 1 unspecified atom stereocenters. The van der Waals surface area contributed by atoms with Crippen molar-refractivity contribution in [2.45, 2.75) is 45.4 Å². The Morgan fingerprint density at radius 3 is 2.37 bits per heavy atom. The number of aliphatic carboxylic acids is 1. The third-order valence-corrected chi connectivity index (χ3v) is 4.22. The lowest BCUT2D eigenvalue weighted by Crippen LogP contribution is -2.42. The van der Waals surface area contributed by atoms with Crippen molar-refractivity contribution in [1.82, 2.24) is 9.80 Å². The van der Waals surface area contributed by atoms with Crippen LogP contribution in [0.4, 0.5) is 4.79 Å². The predicted octanol–water partition coefficient (Wildman–Crippen LogP) is 2.84. The van der Waals surface area contributed by atoms with E-state index >= 15 is 0 Å². The molecule has 7 nitrogen and oxygen atoms in total. The number of hydrogen-bond donors (Lipinski definition) is 2. The molecule has 8 heteroatoms. The fourth-order valence-electron chi connectivity index (χ4n) is 2.84. The van der Waals surface area contributed by atoms with Crippen molar-refractivity contribution in [2.24, 2.45) is 0 Å². The summed E-state index contributed by atoms with van der Waals surface area (Å²) in [6.07, 6.45) is 0.372. The summed E-state index contributed by atoms with van der Waals surface area (Å²) in [5.41, 5.74) is 0.445. The monoisotopic (exact) mass is 400 g/mol. The van der Waals surface area contributed by atoms with Gasteiger partial charge in [0, 0.05) is 37.8 Å². The third-order valence-electron chi connectivity index (χ3n) is 3.97. The van der Waals surface area contributed by atoms with Crippen LogP contribution in [0.2, 0.25) is 5.02 Å². The van der Waals surface area contributed by atoms with Gasteiger partial charge in [0.1, 0.15) is 5.60 Å². The fourth-order valence-corrected chi connectivity index (χ4v) is 2.97. The Morgan fingerprint density at radius 2 is 1.85 bits per heavy atom. The summed E-state index contributed by atoms with van der Waals surface area (Å²) in [6, 6.07) is 7.34. The van der Waals surface area contributed by atoms with Gasteiger partial charge in [-0.3, -0.25) is 9.69 Å². The van der Waals surface area contributed by atoms with E-state index in [9.17, 15) is 14.7 Å². The first kappa shape index (κ1) is 23.2. The molecule has 1 aliphatic rings. The van der Waals surface area contributed by atoms with Gasteiger partial charge >= 0.3 is 12.1 Å². The first-order valence-electron chi connectivity index (χ1n) is 8.77. The second kappa shape index (κ2) is 10.5. The second-order valence-corrected chi connectivity index (χ2v) is 7.73. The normalized spacial score (nSPS) is 16.7. The van der Waals surface area contributed by atoms with Crippen molar-refractivity contribution in [3.8, 4) is 0 Å². The quantitative estimate of drug-likeness (QED) is 0.789. The van der Waals surface area contributed by atoms with Gasteiger partial charge < -0.3 is 19.8 Å². The molecule has 0 saturated carbocycles. The van der Waals surface area contributed by atoms with E-state index in [4.69, 9.17) is 21.4 Å². The Kier molecular flexibility index (Phi) is 9.02. The lowest BCUT2D eigenvalue weighted by Gasteiger charge is -2.28. The lowest BCUT2D eigenvalue weighted by atomic mass is 10.1. The molecular weight excluding hydrogens is 372 g/mol. The molecule has 0 spiro atoms. The van der Waals surface area contributed by atoms with E-state index in [2.05, 4.69) is 0 Å². The van der Waals surface area contributed by atoms with Crippen molar-refractivity contribution in [2.75, 3.05) is 26.7 Å². The maximum Gasteiger partial charge on any atom is 0.410 e. The average Bonchev–Trinajstić information content (AvgIpc) is 3.06. The summed E-state index contributed by atoms with van der Waals surface area (Å²) in [5.74, 6) is -0.885. The lowest BCUT2D eigenvalue weighted by molar-refractivity contribution is -0.139. The summed E-state index contributed by atoms with van der Waals surface area (Å²) in [7, 11) is 1.00. The molecular formula is C19H29ClN2O5. The summed E-state index contributed by atoms with van der Waals surface area (Å²) in [6.45, 7) is 6.94. The van der Waals surface area contributed by atoms with Crippen LogP contribution in [0.15, 0.2) is 24.3 Å². The maximum atomic E-state index is 12.2. The maximum absolute atomic E-state index is 12.2. The van der Waals surface area contributed by atoms with Crippen LogP contribution in [0.1, 0.15) is 32.8 Å². The number of aliphatic hydroxyl groups excluding tert-OH is 1. The molecule has 1 aliphatic heterocycles. The highest BCUT2D eigenvalue weighted by Crippen LogP contribution is 2.21. The number of carboxylic acids is 1. The number of carboxylic acid groups (broad SMARTS) is 1. The molecule has 1 aromatic carbocycles. The molecule has 0 radical (unpaired) electrons. The van der Waals surface area contributed by atoms with Gasteiger partial charge in [0.05, 0.1) is 6.54 Å². The fraction of sp³-hybridized carbons (Fsp3) is 0.579. The first-order chi connectivity index (χ1) is 12.6. The number of benzene rings is 1. The molecule has 27 heavy (non-hydrogen) atoms. The zero-order valence-electron chi connectivity index (χ0n) is 16.3. The van der Waals surface area contributed by atoms with Gasteiger partial charge in [0.2, 0.25) is 0 Å². The molecule has 1 amide bonds. The van der Waals surface area contributed by atoms with Crippen molar-refractivity contribution in [3.63, 3.8) is 0 Å². The number of likely N-dealkylation sites (tertiary alicyclic amines) is 1. The van der Waals surface area contributed by atoms with Gasteiger partial charge in [-0.1, -0.05) is 23.7 Å². The first-order valence-corrected chi connectivity index (χ1v) is 9.15. The number of halogens is 1. The molecule has 0 aromatic heterocycles. The van der Waals surface area contributed by atoms with Gasteiger partial charge in [-0.25, -0.2) is 4.79 Å². The summed E-state index contributed by atoms with van der Waals surface area (Å²) < 4.78 is 5.40. The van der Waals surface area contributed by atoms with Crippen molar-refractivity contribution in [3.05, 3.63) is 34.9 Å². The van der Waals surface area contributed by atoms with Crippen LogP contribution in [-0.4, -0.2) is 70.5 Å². The Bertz CT molecular complexity index is 616. The van der Waals surface area contributed by atoms with Crippen LogP contribution in [0.3, 0.4) is 0 Å². The van der Waals surface area contributed by atoms with E-state index in [-0.39, 0.29) is 18.7 Å². The SMILES string of the molecule is CC(C)(C)OC(=O)N1CCC(N(CC(=O)O)Cc2ccc(Cl)cc2)C1.CO. The summed E-state index contributed by atoms with van der Waals surface area (Å²) >= 11 is 5.90. The minimum atomic E-state index is -0.885. The minimum absolute atomic E-state index is 0.0145. The Morgan fingerprint density at radius 1 is 1.26 bits per heavy atom. The van der Waals surface area contributed by atoms with Crippen molar-refractivity contribution < 1.29 is 24.5 Å². The standard InChI is InChI=1S/C18H25ClN2O4.CH4O/c1-18(2,3)25-17(24)20-9-8-15(11-20)21(12-16(22)23)10-13-4-6-14(19)7-5-13;1-2/h4-7,15H,8-12H2,1-3H3,(H,22,23);2H,1H3. The van der Waals surface area contributed by atoms with Gasteiger partial charge in [-0.05, 0) is 44.9 Å². The van der Waals surface area contributed by atoms with Crippen molar-refractivity contribution in [1.29, 1.82) is 0 Å². The van der Waals surface area contributed by atoms with Gasteiger partial charge in [0.15, 0.2) is 0 Å². The van der Waals surface area contributed by atoms with Gasteiger partial charge in [0.25, 0.3) is 0 Å². The number of aliphatic hydroxyl groups is 1. The zero-order chi connectivity index (χ0) is 20.6.